The fourth-order valence-corrected chi connectivity index (χ4v) is 2.17. The topological polar surface area (TPSA) is 72.2 Å². The number of para-hydroxylation sites is 1. The minimum atomic E-state index is -0.469. The number of rotatable bonds is 4. The lowest BCUT2D eigenvalue weighted by Crippen LogP contribution is -2.08. The summed E-state index contributed by atoms with van der Waals surface area (Å²) in [5.74, 6) is -0.286. The summed E-state index contributed by atoms with van der Waals surface area (Å²) in [6.07, 6.45) is 2.89. The van der Waals surface area contributed by atoms with Gasteiger partial charge in [0, 0.05) is 21.8 Å². The summed E-state index contributed by atoms with van der Waals surface area (Å²) in [6.45, 7) is 0. The van der Waals surface area contributed by atoms with Crippen LogP contribution in [-0.2, 0) is 4.79 Å². The van der Waals surface area contributed by atoms with Gasteiger partial charge in [0.25, 0.3) is 5.69 Å². The van der Waals surface area contributed by atoms with E-state index in [1.54, 1.807) is 18.2 Å². The fourth-order valence-electron chi connectivity index (χ4n) is 1.65. The van der Waals surface area contributed by atoms with E-state index in [1.807, 2.05) is 18.2 Å². The molecule has 0 heterocycles. The molecular weight excluding hydrogens is 383 g/mol. The van der Waals surface area contributed by atoms with Gasteiger partial charge in [-0.05, 0) is 46.4 Å². The van der Waals surface area contributed by atoms with Crippen LogP contribution in [0.5, 0.6) is 0 Å². The fraction of sp³-hybridized carbons (Fsp3) is 0. The van der Waals surface area contributed by atoms with Crippen molar-refractivity contribution in [1.29, 1.82) is 0 Å². The van der Waals surface area contributed by atoms with E-state index in [2.05, 4.69) is 27.9 Å². The molecule has 0 saturated heterocycles. The monoisotopic (exact) mass is 394 g/mol. The Labute approximate surface area is 135 Å². The molecule has 0 radical (unpaired) electrons. The molecule has 0 bridgehead atoms. The maximum absolute atomic E-state index is 11.8. The molecule has 2 aromatic rings. The number of nitrogens with one attached hydrogen (secondary N) is 1. The van der Waals surface area contributed by atoms with Crippen molar-refractivity contribution in [1.82, 2.24) is 0 Å². The number of carbonyl (C=O) groups excluding carboxylic acids is 1. The van der Waals surface area contributed by atoms with Gasteiger partial charge in [0.2, 0.25) is 5.91 Å². The van der Waals surface area contributed by atoms with Crippen LogP contribution in [0.3, 0.4) is 0 Å². The van der Waals surface area contributed by atoms with Gasteiger partial charge in [0.05, 0.1) is 10.6 Å². The van der Waals surface area contributed by atoms with Crippen LogP contribution in [0.4, 0.5) is 11.4 Å². The number of anilines is 1. The number of benzene rings is 2. The Balaban J connectivity index is 2.07. The van der Waals surface area contributed by atoms with Crippen molar-refractivity contribution in [3.05, 3.63) is 73.9 Å². The third-order valence-corrected chi connectivity index (χ3v) is 3.58. The van der Waals surface area contributed by atoms with E-state index >= 15 is 0 Å². The molecule has 2 rings (SSSR count). The van der Waals surface area contributed by atoms with Gasteiger partial charge in [-0.3, -0.25) is 14.9 Å². The van der Waals surface area contributed by atoms with Crippen molar-refractivity contribution in [2.24, 2.45) is 0 Å². The summed E-state index contributed by atoms with van der Waals surface area (Å²) in [5.41, 5.74) is 1.32. The van der Waals surface area contributed by atoms with Crippen LogP contribution >= 0.6 is 22.6 Å². The molecule has 0 spiro atoms. The third-order valence-electron chi connectivity index (χ3n) is 2.64. The highest BCUT2D eigenvalue weighted by Crippen LogP contribution is 2.17. The van der Waals surface area contributed by atoms with E-state index in [0.717, 1.165) is 9.26 Å². The molecule has 2 aromatic carbocycles. The van der Waals surface area contributed by atoms with Crippen LogP contribution in [0.1, 0.15) is 5.56 Å². The van der Waals surface area contributed by atoms with Crippen molar-refractivity contribution >= 4 is 45.9 Å². The quantitative estimate of drug-likeness (QED) is 0.371. The summed E-state index contributed by atoms with van der Waals surface area (Å²) in [5, 5.41) is 13.4. The van der Waals surface area contributed by atoms with Gasteiger partial charge in [-0.2, -0.15) is 0 Å². The maximum Gasteiger partial charge on any atom is 0.270 e. The zero-order chi connectivity index (χ0) is 15.2. The maximum atomic E-state index is 11.8. The lowest BCUT2D eigenvalue weighted by Gasteiger charge is -2.04. The van der Waals surface area contributed by atoms with E-state index in [9.17, 15) is 14.9 Å². The lowest BCUT2D eigenvalue weighted by atomic mass is 10.2. The molecule has 0 saturated carbocycles. The summed E-state index contributed by atoms with van der Waals surface area (Å²) in [7, 11) is 0. The van der Waals surface area contributed by atoms with Gasteiger partial charge in [-0.1, -0.05) is 24.3 Å². The summed E-state index contributed by atoms with van der Waals surface area (Å²) in [4.78, 5) is 22.0. The molecule has 0 aliphatic carbocycles. The number of nitro benzene ring substituents is 1. The number of halogens is 1. The Hall–Kier alpha value is -2.22. The Morgan fingerprint density at radius 2 is 1.95 bits per heavy atom. The number of nitrogens with zero attached hydrogens (tertiary/aromatic N) is 1. The molecule has 0 unspecified atom stereocenters. The third kappa shape index (κ3) is 4.38. The van der Waals surface area contributed by atoms with Crippen molar-refractivity contribution < 1.29 is 9.72 Å². The van der Waals surface area contributed by atoms with E-state index in [0.29, 0.717) is 5.56 Å². The molecule has 0 atom stereocenters. The number of carbonyl (C=O) groups is 1. The van der Waals surface area contributed by atoms with Gasteiger partial charge >= 0.3 is 0 Å². The van der Waals surface area contributed by atoms with Gasteiger partial charge in [-0.25, -0.2) is 0 Å². The molecule has 21 heavy (non-hydrogen) atoms. The Morgan fingerprint density at radius 3 is 2.67 bits per heavy atom. The van der Waals surface area contributed by atoms with Crippen LogP contribution in [-0.4, -0.2) is 10.8 Å². The molecular formula is C15H11IN2O3. The standard InChI is InChI=1S/C15H11IN2O3/c16-13-6-1-2-7-14(13)17-15(19)9-8-11-4-3-5-12(10-11)18(20)21/h1-10H,(H,17,19). The predicted molar refractivity (Wildman–Crippen MR) is 89.9 cm³/mol. The first-order valence-corrected chi connectivity index (χ1v) is 7.12. The second-order valence-electron chi connectivity index (χ2n) is 4.15. The van der Waals surface area contributed by atoms with Crippen LogP contribution in [0, 0.1) is 13.7 Å². The van der Waals surface area contributed by atoms with Gasteiger partial charge in [-0.15, -0.1) is 0 Å². The average molecular weight is 394 g/mol. The average Bonchev–Trinajstić information content (AvgIpc) is 2.48. The van der Waals surface area contributed by atoms with Crippen LogP contribution in [0.2, 0.25) is 0 Å². The molecule has 6 heteroatoms. The van der Waals surface area contributed by atoms with E-state index in [4.69, 9.17) is 0 Å². The second-order valence-corrected chi connectivity index (χ2v) is 5.32. The van der Waals surface area contributed by atoms with Gasteiger partial charge < -0.3 is 5.32 Å². The van der Waals surface area contributed by atoms with Crippen LogP contribution < -0.4 is 5.32 Å². The van der Waals surface area contributed by atoms with Crippen molar-refractivity contribution in [3.63, 3.8) is 0 Å². The highest BCUT2D eigenvalue weighted by molar-refractivity contribution is 14.1. The molecule has 0 aliphatic rings. The minimum absolute atomic E-state index is 0.00448. The zero-order valence-electron chi connectivity index (χ0n) is 10.8. The predicted octanol–water partition coefficient (Wildman–Crippen LogP) is 3.85. The SMILES string of the molecule is O=C(C=Cc1cccc([N+](=O)[O-])c1)Nc1ccccc1I. The highest BCUT2D eigenvalue weighted by atomic mass is 127. The second kappa shape index (κ2) is 6.98. The van der Waals surface area contributed by atoms with E-state index < -0.39 is 4.92 Å². The molecule has 0 aliphatic heterocycles. The summed E-state index contributed by atoms with van der Waals surface area (Å²) in [6, 6.07) is 13.5. The van der Waals surface area contributed by atoms with Crippen LogP contribution in [0.15, 0.2) is 54.6 Å². The summed E-state index contributed by atoms with van der Waals surface area (Å²) < 4.78 is 0.937. The van der Waals surface area contributed by atoms with Gasteiger partial charge in [0.15, 0.2) is 0 Å². The summed E-state index contributed by atoms with van der Waals surface area (Å²) >= 11 is 2.13. The normalized spacial score (nSPS) is 10.5. The largest absolute Gasteiger partial charge is 0.322 e. The van der Waals surface area contributed by atoms with Crippen LogP contribution in [0.25, 0.3) is 6.08 Å². The molecule has 5 nitrogen and oxygen atoms in total. The first kappa shape index (κ1) is 15.2. The number of nitro groups is 1. The molecule has 0 fully saturated rings. The first-order valence-electron chi connectivity index (χ1n) is 6.04. The zero-order valence-corrected chi connectivity index (χ0v) is 13.0. The molecule has 106 valence electrons. The smallest absolute Gasteiger partial charge is 0.270 e. The highest BCUT2D eigenvalue weighted by Gasteiger charge is 2.05. The Morgan fingerprint density at radius 1 is 1.19 bits per heavy atom. The van der Waals surface area contributed by atoms with Gasteiger partial charge in [0.1, 0.15) is 0 Å². The molecule has 0 aromatic heterocycles. The number of non-ortho nitro benzene ring substituents is 1. The first-order chi connectivity index (χ1) is 10.1. The van der Waals surface area contributed by atoms with Crippen molar-refractivity contribution in [2.45, 2.75) is 0 Å². The van der Waals surface area contributed by atoms with Crippen molar-refractivity contribution in [3.8, 4) is 0 Å². The minimum Gasteiger partial charge on any atom is -0.322 e. The van der Waals surface area contributed by atoms with Crippen molar-refractivity contribution in [2.75, 3.05) is 5.32 Å². The Bertz CT molecular complexity index is 714. The number of hydrogen-bond acceptors (Lipinski definition) is 3. The molecule has 1 amide bonds. The number of amides is 1. The Kier molecular flexibility index (Phi) is 5.04. The van der Waals surface area contributed by atoms with E-state index in [1.165, 1.54) is 24.3 Å². The van der Waals surface area contributed by atoms with E-state index in [-0.39, 0.29) is 11.6 Å². The lowest BCUT2D eigenvalue weighted by molar-refractivity contribution is -0.384. The number of hydrogen-bond donors (Lipinski definition) is 1. The molecule has 1 N–H and O–H groups in total.